The molecule has 1 amide bonds. The van der Waals surface area contributed by atoms with Crippen LogP contribution < -0.4 is 5.32 Å². The molecule has 1 aromatic carbocycles. The Morgan fingerprint density at radius 1 is 1.17 bits per heavy atom. The van der Waals surface area contributed by atoms with Crippen LogP contribution in [0.3, 0.4) is 0 Å². The second kappa shape index (κ2) is 9.47. The summed E-state index contributed by atoms with van der Waals surface area (Å²) in [5, 5.41) is 6.98. The fraction of sp³-hybridized carbons (Fsp3) is 0.375. The largest absolute Gasteiger partial charge is 0.417 e. The predicted octanol–water partition coefficient (Wildman–Crippen LogP) is 5.24. The van der Waals surface area contributed by atoms with Gasteiger partial charge in [0.1, 0.15) is 11.6 Å². The van der Waals surface area contributed by atoms with Crippen LogP contribution in [-0.2, 0) is 13.2 Å². The first kappa shape index (κ1) is 25.5. The van der Waals surface area contributed by atoms with E-state index >= 15 is 0 Å². The Morgan fingerprint density at radius 2 is 1.89 bits per heavy atom. The molecule has 1 aliphatic heterocycles. The summed E-state index contributed by atoms with van der Waals surface area (Å²) < 4.78 is 83.3. The molecule has 0 radical (unpaired) electrons. The molecule has 2 aromatic heterocycles. The number of hydrogen-bond acceptors (Lipinski definition) is 4. The summed E-state index contributed by atoms with van der Waals surface area (Å²) in [6, 6.07) is 6.98. The number of alkyl halides is 5. The number of carbonyl (C=O) groups is 1. The van der Waals surface area contributed by atoms with E-state index in [4.69, 9.17) is 0 Å². The van der Waals surface area contributed by atoms with E-state index in [2.05, 4.69) is 15.4 Å². The number of carbonyl (C=O) groups excluding carboxylic acids is 1. The van der Waals surface area contributed by atoms with E-state index in [1.165, 1.54) is 36.1 Å². The SMILES string of the molecule is C[C@@H]1CC(F)(F)CN(C(=O)c2nn(C)cc2-c2ccccc2F)[C@@H]1CNc1ccc(C(F)(F)F)cn1. The zero-order valence-electron chi connectivity index (χ0n) is 19.4. The third kappa shape index (κ3) is 5.31. The molecule has 0 saturated carbocycles. The van der Waals surface area contributed by atoms with Crippen LogP contribution in [0.15, 0.2) is 48.8 Å². The molecule has 4 rings (SSSR count). The number of rotatable bonds is 5. The van der Waals surface area contributed by atoms with Crippen LogP contribution >= 0.6 is 0 Å². The highest BCUT2D eigenvalue weighted by molar-refractivity contribution is 5.99. The van der Waals surface area contributed by atoms with Crippen LogP contribution in [-0.4, -0.2) is 50.6 Å². The van der Waals surface area contributed by atoms with E-state index < -0.39 is 54.3 Å². The Bertz CT molecular complexity index is 1240. The summed E-state index contributed by atoms with van der Waals surface area (Å²) in [7, 11) is 1.53. The van der Waals surface area contributed by atoms with E-state index in [0.29, 0.717) is 6.20 Å². The quantitative estimate of drug-likeness (QED) is 0.476. The van der Waals surface area contributed by atoms with Crippen LogP contribution in [0.25, 0.3) is 11.1 Å². The number of benzene rings is 1. The number of piperidine rings is 1. The second-order valence-electron chi connectivity index (χ2n) is 8.89. The average molecular weight is 511 g/mol. The van der Waals surface area contributed by atoms with Gasteiger partial charge in [-0.15, -0.1) is 0 Å². The van der Waals surface area contributed by atoms with Crippen molar-refractivity contribution in [2.24, 2.45) is 13.0 Å². The van der Waals surface area contributed by atoms with Crippen LogP contribution in [0.2, 0.25) is 0 Å². The maximum absolute atomic E-state index is 14.5. The Hall–Kier alpha value is -3.57. The average Bonchev–Trinajstić information content (AvgIpc) is 3.18. The van der Waals surface area contributed by atoms with Crippen molar-refractivity contribution in [3.05, 3.63) is 65.9 Å². The molecular formula is C24H23F6N5O. The molecule has 1 saturated heterocycles. The molecule has 0 unspecified atom stereocenters. The summed E-state index contributed by atoms with van der Waals surface area (Å²) in [6.07, 6.45) is -2.92. The first-order valence-electron chi connectivity index (χ1n) is 11.1. The molecule has 0 bridgehead atoms. The molecule has 192 valence electrons. The van der Waals surface area contributed by atoms with Crippen LogP contribution in [0.1, 0.15) is 29.4 Å². The lowest BCUT2D eigenvalue weighted by Gasteiger charge is -2.43. The van der Waals surface area contributed by atoms with Gasteiger partial charge in [0.25, 0.3) is 11.8 Å². The highest BCUT2D eigenvalue weighted by Gasteiger charge is 2.47. The Kier molecular flexibility index (Phi) is 6.72. The van der Waals surface area contributed by atoms with E-state index in [1.54, 1.807) is 13.0 Å². The van der Waals surface area contributed by atoms with Gasteiger partial charge >= 0.3 is 6.18 Å². The minimum absolute atomic E-state index is 0.0385. The number of halogens is 6. The van der Waals surface area contributed by atoms with Gasteiger partial charge in [0.05, 0.1) is 18.2 Å². The third-order valence-corrected chi connectivity index (χ3v) is 6.12. The number of aryl methyl sites for hydroxylation is 1. The van der Waals surface area contributed by atoms with Gasteiger partial charge in [-0.05, 0) is 24.1 Å². The number of anilines is 1. The molecule has 2 atom stereocenters. The normalized spacial score (nSPS) is 19.8. The maximum Gasteiger partial charge on any atom is 0.417 e. The Labute approximate surface area is 202 Å². The van der Waals surface area contributed by atoms with Gasteiger partial charge in [-0.1, -0.05) is 25.1 Å². The lowest BCUT2D eigenvalue weighted by Crippen LogP contribution is -2.57. The minimum atomic E-state index is -4.54. The van der Waals surface area contributed by atoms with Gasteiger partial charge in [-0.2, -0.15) is 18.3 Å². The van der Waals surface area contributed by atoms with Crippen molar-refractivity contribution in [3.63, 3.8) is 0 Å². The summed E-state index contributed by atoms with van der Waals surface area (Å²) in [5.74, 6) is -5.12. The van der Waals surface area contributed by atoms with Crippen LogP contribution in [0.5, 0.6) is 0 Å². The molecule has 1 fully saturated rings. The lowest BCUT2D eigenvalue weighted by atomic mass is 9.88. The van der Waals surface area contributed by atoms with Crippen molar-refractivity contribution in [1.29, 1.82) is 0 Å². The monoisotopic (exact) mass is 511 g/mol. The lowest BCUT2D eigenvalue weighted by molar-refractivity contribution is -0.137. The summed E-state index contributed by atoms with van der Waals surface area (Å²) in [5.41, 5.74) is -0.829. The fourth-order valence-electron chi connectivity index (χ4n) is 4.41. The van der Waals surface area contributed by atoms with E-state index in [1.807, 2.05) is 0 Å². The van der Waals surface area contributed by atoms with E-state index in [0.717, 1.165) is 17.0 Å². The van der Waals surface area contributed by atoms with Crippen LogP contribution in [0, 0.1) is 11.7 Å². The number of pyridine rings is 1. The van der Waals surface area contributed by atoms with Gasteiger partial charge in [0.2, 0.25) is 0 Å². The first-order chi connectivity index (χ1) is 16.9. The minimum Gasteiger partial charge on any atom is -0.368 e. The van der Waals surface area contributed by atoms with Crippen molar-refractivity contribution >= 4 is 11.7 Å². The molecular weight excluding hydrogens is 488 g/mol. The molecule has 1 N–H and O–H groups in total. The summed E-state index contributed by atoms with van der Waals surface area (Å²) in [4.78, 5) is 18.3. The second-order valence-corrected chi connectivity index (χ2v) is 8.89. The zero-order valence-corrected chi connectivity index (χ0v) is 19.4. The maximum atomic E-state index is 14.5. The molecule has 12 heteroatoms. The number of likely N-dealkylation sites (tertiary alicyclic amines) is 1. The van der Waals surface area contributed by atoms with Gasteiger partial charge in [0.15, 0.2) is 5.69 Å². The first-order valence-corrected chi connectivity index (χ1v) is 11.1. The Morgan fingerprint density at radius 3 is 2.53 bits per heavy atom. The smallest absolute Gasteiger partial charge is 0.368 e. The summed E-state index contributed by atoms with van der Waals surface area (Å²) in [6.45, 7) is 0.648. The molecule has 3 aromatic rings. The number of hydrogen-bond donors (Lipinski definition) is 1. The highest BCUT2D eigenvalue weighted by atomic mass is 19.4. The molecule has 6 nitrogen and oxygen atoms in total. The number of amides is 1. The number of nitrogens with zero attached hydrogens (tertiary/aromatic N) is 4. The van der Waals surface area contributed by atoms with E-state index in [9.17, 15) is 31.1 Å². The van der Waals surface area contributed by atoms with Crippen molar-refractivity contribution in [3.8, 4) is 11.1 Å². The van der Waals surface area contributed by atoms with Gasteiger partial charge in [-0.25, -0.2) is 18.2 Å². The van der Waals surface area contributed by atoms with Crippen molar-refractivity contribution < 1.29 is 31.1 Å². The molecule has 36 heavy (non-hydrogen) atoms. The van der Waals surface area contributed by atoms with Gasteiger partial charge in [0, 0.05) is 43.5 Å². The molecule has 0 aliphatic carbocycles. The van der Waals surface area contributed by atoms with Crippen molar-refractivity contribution in [2.75, 3.05) is 18.4 Å². The Balaban J connectivity index is 1.62. The number of aromatic nitrogens is 3. The molecule has 3 heterocycles. The third-order valence-electron chi connectivity index (χ3n) is 6.12. The van der Waals surface area contributed by atoms with E-state index in [-0.39, 0.29) is 29.2 Å². The molecule has 1 aliphatic rings. The van der Waals surface area contributed by atoms with Crippen LogP contribution in [0.4, 0.5) is 32.2 Å². The number of nitrogens with one attached hydrogen (secondary N) is 1. The topological polar surface area (TPSA) is 63.1 Å². The van der Waals surface area contributed by atoms with Gasteiger partial charge < -0.3 is 10.2 Å². The standard InChI is InChI=1S/C24H23F6N5O/c1-14-9-23(26,27)13-35(19(14)11-32-20-8-7-15(10-31-20)24(28,29)30)22(36)21-17(12-34(2)33-21)16-5-3-4-6-18(16)25/h3-8,10,12,14,19H,9,11,13H2,1-2H3,(H,31,32)/t14-,19-/m1/s1. The van der Waals surface area contributed by atoms with Crippen molar-refractivity contribution in [2.45, 2.75) is 31.5 Å². The zero-order chi connectivity index (χ0) is 26.3. The van der Waals surface area contributed by atoms with Gasteiger partial charge in [-0.3, -0.25) is 9.48 Å². The highest BCUT2D eigenvalue weighted by Crippen LogP contribution is 2.36. The molecule has 0 spiro atoms. The fourth-order valence-corrected chi connectivity index (χ4v) is 4.41. The van der Waals surface area contributed by atoms with Crippen molar-refractivity contribution in [1.82, 2.24) is 19.7 Å². The summed E-state index contributed by atoms with van der Waals surface area (Å²) >= 11 is 0. The predicted molar refractivity (Wildman–Crippen MR) is 120 cm³/mol.